The van der Waals surface area contributed by atoms with Crippen molar-refractivity contribution in [1.29, 1.82) is 0 Å². The number of benzene rings is 1. The van der Waals surface area contributed by atoms with Crippen molar-refractivity contribution in [3.8, 4) is 5.75 Å². The number of hydrogen-bond acceptors (Lipinski definition) is 6. The fourth-order valence-electron chi connectivity index (χ4n) is 3.80. The number of ether oxygens (including phenoxy) is 1. The van der Waals surface area contributed by atoms with Crippen molar-refractivity contribution in [3.05, 3.63) is 65.5 Å². The Morgan fingerprint density at radius 2 is 1.90 bits per heavy atom. The summed E-state index contributed by atoms with van der Waals surface area (Å²) in [5.41, 5.74) is 1.02. The first-order chi connectivity index (χ1) is 15.0. The van der Waals surface area contributed by atoms with Gasteiger partial charge in [0.2, 0.25) is 0 Å². The molecule has 1 amide bonds. The summed E-state index contributed by atoms with van der Waals surface area (Å²) in [5.74, 6) is -0.961. The van der Waals surface area contributed by atoms with Gasteiger partial charge in [0.15, 0.2) is 0 Å². The molecule has 1 N–H and O–H groups in total. The number of aromatic nitrogens is 1. The number of aliphatic hydroxyl groups excluding tert-OH is 1. The normalized spacial score (nSPS) is 18.1. The van der Waals surface area contributed by atoms with Crippen LogP contribution in [0.5, 0.6) is 5.75 Å². The summed E-state index contributed by atoms with van der Waals surface area (Å²) in [4.78, 5) is 34.1. The molecule has 1 aromatic heterocycles. The Morgan fingerprint density at radius 1 is 1.13 bits per heavy atom. The fraction of sp³-hybridized carbons (Fsp3) is 0.375. The van der Waals surface area contributed by atoms with Crippen LogP contribution in [0, 0.1) is 0 Å². The first-order valence-corrected chi connectivity index (χ1v) is 10.7. The largest absolute Gasteiger partial charge is 0.507 e. The number of nitrogens with zero attached hydrogens (tertiary/aromatic N) is 3. The molecule has 7 heteroatoms. The quantitative estimate of drug-likeness (QED) is 0.379. The lowest BCUT2D eigenvalue weighted by atomic mass is 9.98. The minimum atomic E-state index is -0.743. The molecular formula is C24H29N3O4. The van der Waals surface area contributed by atoms with Crippen molar-refractivity contribution < 1.29 is 19.4 Å². The third-order valence-corrected chi connectivity index (χ3v) is 5.48. The predicted octanol–water partition coefficient (Wildman–Crippen LogP) is 3.24. The molecular weight excluding hydrogens is 394 g/mol. The summed E-state index contributed by atoms with van der Waals surface area (Å²) in [7, 11) is 0. The van der Waals surface area contributed by atoms with E-state index in [1.165, 1.54) is 4.90 Å². The van der Waals surface area contributed by atoms with Crippen molar-refractivity contribution in [3.63, 3.8) is 0 Å². The SMILES string of the molecule is CCOc1cccc(/C(O)=C2\C(=O)C(=O)N(CCN(CC)CC)C2c2ccccn2)c1. The van der Waals surface area contributed by atoms with Crippen LogP contribution in [0.15, 0.2) is 54.2 Å². The van der Waals surface area contributed by atoms with Crippen LogP contribution in [0.25, 0.3) is 5.76 Å². The van der Waals surface area contributed by atoms with Gasteiger partial charge in [-0.05, 0) is 44.3 Å². The van der Waals surface area contributed by atoms with Crippen molar-refractivity contribution >= 4 is 17.4 Å². The number of rotatable bonds is 9. The van der Waals surface area contributed by atoms with Gasteiger partial charge in [-0.25, -0.2) is 0 Å². The Balaban J connectivity index is 2.06. The van der Waals surface area contributed by atoms with Crippen LogP contribution >= 0.6 is 0 Å². The van der Waals surface area contributed by atoms with Crippen LogP contribution in [0.3, 0.4) is 0 Å². The molecule has 0 saturated carbocycles. The Hall–Kier alpha value is -3.19. The van der Waals surface area contributed by atoms with E-state index >= 15 is 0 Å². The second-order valence-electron chi connectivity index (χ2n) is 7.23. The topological polar surface area (TPSA) is 83.0 Å². The molecule has 0 aliphatic carbocycles. The first kappa shape index (κ1) is 22.5. The molecule has 0 spiro atoms. The lowest BCUT2D eigenvalue weighted by Crippen LogP contribution is -2.38. The molecule has 31 heavy (non-hydrogen) atoms. The van der Waals surface area contributed by atoms with Crippen molar-refractivity contribution in [2.45, 2.75) is 26.8 Å². The average Bonchev–Trinajstić information content (AvgIpc) is 3.05. The van der Waals surface area contributed by atoms with E-state index in [9.17, 15) is 14.7 Å². The highest BCUT2D eigenvalue weighted by Gasteiger charge is 2.46. The van der Waals surface area contributed by atoms with Gasteiger partial charge in [-0.3, -0.25) is 14.6 Å². The lowest BCUT2D eigenvalue weighted by molar-refractivity contribution is -0.140. The van der Waals surface area contributed by atoms with Crippen molar-refractivity contribution in [2.75, 3.05) is 32.8 Å². The van der Waals surface area contributed by atoms with Gasteiger partial charge >= 0.3 is 0 Å². The van der Waals surface area contributed by atoms with E-state index in [0.717, 1.165) is 13.1 Å². The molecule has 1 aromatic carbocycles. The number of likely N-dealkylation sites (N-methyl/N-ethyl adjacent to an activating group) is 1. The van der Waals surface area contributed by atoms with Gasteiger partial charge in [-0.15, -0.1) is 0 Å². The van der Waals surface area contributed by atoms with Crippen LogP contribution < -0.4 is 4.74 Å². The van der Waals surface area contributed by atoms with Crippen LogP contribution in [-0.2, 0) is 9.59 Å². The minimum absolute atomic E-state index is 0.0527. The van der Waals surface area contributed by atoms with Crippen molar-refractivity contribution in [1.82, 2.24) is 14.8 Å². The van der Waals surface area contributed by atoms with Gasteiger partial charge in [0.05, 0.1) is 17.9 Å². The minimum Gasteiger partial charge on any atom is -0.507 e. The summed E-state index contributed by atoms with van der Waals surface area (Å²) in [6, 6.07) is 11.5. The summed E-state index contributed by atoms with van der Waals surface area (Å²) >= 11 is 0. The highest BCUT2D eigenvalue weighted by atomic mass is 16.5. The predicted molar refractivity (Wildman–Crippen MR) is 119 cm³/mol. The third-order valence-electron chi connectivity index (χ3n) is 5.48. The van der Waals surface area contributed by atoms with Gasteiger partial charge in [0.25, 0.3) is 11.7 Å². The lowest BCUT2D eigenvalue weighted by Gasteiger charge is -2.27. The maximum Gasteiger partial charge on any atom is 0.295 e. The average molecular weight is 424 g/mol. The molecule has 0 bridgehead atoms. The van der Waals surface area contributed by atoms with Crippen LogP contribution in [0.4, 0.5) is 0 Å². The number of ketones is 1. The van der Waals surface area contributed by atoms with Gasteiger partial charge in [0.1, 0.15) is 17.6 Å². The first-order valence-electron chi connectivity index (χ1n) is 10.7. The summed E-state index contributed by atoms with van der Waals surface area (Å²) < 4.78 is 5.52. The zero-order valence-electron chi connectivity index (χ0n) is 18.2. The third kappa shape index (κ3) is 4.77. The number of amides is 1. The van der Waals surface area contributed by atoms with E-state index in [1.54, 1.807) is 42.6 Å². The number of likely N-dealkylation sites (tertiary alicyclic amines) is 1. The summed E-state index contributed by atoms with van der Waals surface area (Å²) in [6.45, 7) is 9.14. The van der Waals surface area contributed by atoms with E-state index in [4.69, 9.17) is 4.74 Å². The Kier molecular flexibility index (Phi) is 7.41. The number of pyridine rings is 1. The van der Waals surface area contributed by atoms with E-state index in [0.29, 0.717) is 36.7 Å². The van der Waals surface area contributed by atoms with Gasteiger partial charge in [-0.2, -0.15) is 0 Å². The number of hydrogen-bond donors (Lipinski definition) is 1. The number of carbonyl (C=O) groups is 2. The monoisotopic (exact) mass is 423 g/mol. The van der Waals surface area contributed by atoms with Crippen LogP contribution in [0.2, 0.25) is 0 Å². The van der Waals surface area contributed by atoms with Gasteiger partial charge < -0.3 is 19.6 Å². The number of Topliss-reactive ketones (excluding diaryl/α,β-unsaturated/α-hetero) is 1. The van der Waals surface area contributed by atoms with E-state index in [2.05, 4.69) is 23.7 Å². The zero-order valence-corrected chi connectivity index (χ0v) is 18.2. The molecule has 0 radical (unpaired) electrons. The molecule has 1 unspecified atom stereocenters. The smallest absolute Gasteiger partial charge is 0.295 e. The maximum atomic E-state index is 13.0. The number of aliphatic hydroxyl groups is 1. The zero-order chi connectivity index (χ0) is 22.4. The Bertz CT molecular complexity index is 954. The summed E-state index contributed by atoms with van der Waals surface area (Å²) in [6.07, 6.45) is 1.62. The van der Waals surface area contributed by atoms with E-state index < -0.39 is 17.7 Å². The number of carbonyl (C=O) groups excluding carboxylic acids is 2. The Morgan fingerprint density at radius 3 is 2.55 bits per heavy atom. The highest BCUT2D eigenvalue weighted by molar-refractivity contribution is 6.46. The molecule has 164 valence electrons. The van der Waals surface area contributed by atoms with Crippen LogP contribution in [0.1, 0.15) is 38.1 Å². The van der Waals surface area contributed by atoms with E-state index in [-0.39, 0.29) is 11.3 Å². The Labute approximate surface area is 183 Å². The molecule has 2 aromatic rings. The standard InChI is InChI=1S/C24H29N3O4/c1-4-26(5-2)14-15-27-21(19-12-7-8-13-25-19)20(23(29)24(27)30)22(28)17-10-9-11-18(16-17)31-6-3/h7-13,16,21,28H,4-6,14-15H2,1-3H3/b22-20+. The van der Waals surface area contributed by atoms with Gasteiger partial charge in [0, 0.05) is 24.8 Å². The molecule has 1 fully saturated rings. The second-order valence-corrected chi connectivity index (χ2v) is 7.23. The van der Waals surface area contributed by atoms with Crippen molar-refractivity contribution in [2.24, 2.45) is 0 Å². The maximum absolute atomic E-state index is 13.0. The molecule has 3 rings (SSSR count). The van der Waals surface area contributed by atoms with E-state index in [1.807, 2.05) is 13.0 Å². The van der Waals surface area contributed by atoms with Crippen LogP contribution in [-0.4, -0.2) is 64.4 Å². The van der Waals surface area contributed by atoms with Gasteiger partial charge in [-0.1, -0.05) is 32.0 Å². The molecule has 7 nitrogen and oxygen atoms in total. The molecule has 2 heterocycles. The highest BCUT2D eigenvalue weighted by Crippen LogP contribution is 2.38. The molecule has 1 saturated heterocycles. The molecule has 1 atom stereocenters. The second kappa shape index (κ2) is 10.2. The summed E-state index contributed by atoms with van der Waals surface area (Å²) in [5, 5.41) is 11.1. The molecule has 1 aliphatic heterocycles. The molecule has 1 aliphatic rings. The fourth-order valence-corrected chi connectivity index (χ4v) is 3.80.